The van der Waals surface area contributed by atoms with Crippen LogP contribution in [0, 0.1) is 5.92 Å². The third-order valence-corrected chi connectivity index (χ3v) is 10.5. The van der Waals surface area contributed by atoms with E-state index in [1.807, 2.05) is 0 Å². The van der Waals surface area contributed by atoms with Gasteiger partial charge in [-0.2, -0.15) is 13.2 Å². The molecule has 0 bridgehead atoms. The fourth-order valence-electron chi connectivity index (χ4n) is 5.85. The first-order valence-electron chi connectivity index (χ1n) is 14.6. The number of alkyl halides is 3. The fourth-order valence-corrected chi connectivity index (χ4v) is 8.61. The Labute approximate surface area is 279 Å². The summed E-state index contributed by atoms with van der Waals surface area (Å²) in [5.74, 6) is -3.73. The van der Waals surface area contributed by atoms with Gasteiger partial charge in [-0.25, -0.2) is 9.69 Å². The van der Waals surface area contributed by atoms with Crippen molar-refractivity contribution in [1.29, 1.82) is 0 Å². The molecule has 3 amide bonds. The molecule has 2 aliphatic heterocycles. The van der Waals surface area contributed by atoms with Gasteiger partial charge in [0.15, 0.2) is 0 Å². The lowest BCUT2D eigenvalue weighted by Gasteiger charge is -2.31. The van der Waals surface area contributed by atoms with Crippen molar-refractivity contribution in [2.75, 3.05) is 23.9 Å². The van der Waals surface area contributed by atoms with E-state index >= 15 is 0 Å². The Balaban J connectivity index is 1.37. The molecule has 4 aromatic rings. The molecule has 0 aliphatic carbocycles. The Morgan fingerprint density at radius 3 is 2.38 bits per heavy atom. The summed E-state index contributed by atoms with van der Waals surface area (Å²) in [7, 11) is 1.46. The molecular weight excluding hydrogens is 672 g/mol. The number of carbonyl (C=O) groups is 4. The summed E-state index contributed by atoms with van der Waals surface area (Å²) in [6.07, 6.45) is -4.62. The molecule has 48 heavy (non-hydrogen) atoms. The lowest BCUT2D eigenvalue weighted by atomic mass is 9.82. The largest absolute Gasteiger partial charge is 0.496 e. The lowest BCUT2D eigenvalue weighted by Crippen LogP contribution is -2.33. The Morgan fingerprint density at radius 1 is 0.958 bits per heavy atom. The molecule has 0 spiro atoms. The van der Waals surface area contributed by atoms with Gasteiger partial charge in [-0.3, -0.25) is 23.7 Å². The maximum Gasteiger partial charge on any atom is 0.416 e. The van der Waals surface area contributed by atoms with Crippen LogP contribution in [-0.2, 0) is 31.8 Å². The molecule has 15 heteroatoms. The summed E-state index contributed by atoms with van der Waals surface area (Å²) >= 11 is 1.80. The summed E-state index contributed by atoms with van der Waals surface area (Å²) in [5, 5.41) is 1.70. The highest BCUT2D eigenvalue weighted by atomic mass is 32.2. The minimum absolute atomic E-state index is 0.104. The SMILES string of the molecule is CCOC(=O)c1ccc(N2C(=O)C3Sc4c(sc(=O)n4CC(=O)Nc4cccc(C(F)(F)F)c4)[C@H](c4ccccc4OC)C3C2=O)cc1. The maximum absolute atomic E-state index is 14.2. The molecule has 10 nitrogen and oxygen atoms in total. The number of hydrogen-bond acceptors (Lipinski definition) is 9. The number of benzene rings is 3. The van der Waals surface area contributed by atoms with Crippen LogP contribution < -0.4 is 19.8 Å². The van der Waals surface area contributed by atoms with Crippen LogP contribution in [-0.4, -0.2) is 47.2 Å². The monoisotopic (exact) mass is 697 g/mol. The highest BCUT2D eigenvalue weighted by Crippen LogP contribution is 2.55. The molecule has 2 unspecified atom stereocenters. The van der Waals surface area contributed by atoms with Crippen molar-refractivity contribution in [3.05, 3.63) is 104 Å². The molecular formula is C33H26F3N3O7S2. The van der Waals surface area contributed by atoms with Gasteiger partial charge in [-0.1, -0.05) is 47.4 Å². The van der Waals surface area contributed by atoms with E-state index in [2.05, 4.69) is 5.32 Å². The van der Waals surface area contributed by atoms with Crippen LogP contribution in [0.1, 0.15) is 39.2 Å². The zero-order valence-corrected chi connectivity index (χ0v) is 26.9. The van der Waals surface area contributed by atoms with Crippen molar-refractivity contribution in [2.24, 2.45) is 5.92 Å². The van der Waals surface area contributed by atoms with Gasteiger partial charge in [0.1, 0.15) is 17.5 Å². The summed E-state index contributed by atoms with van der Waals surface area (Å²) in [5.41, 5.74) is -0.0102. The number of aromatic nitrogens is 1. The van der Waals surface area contributed by atoms with E-state index in [0.717, 1.165) is 46.2 Å². The van der Waals surface area contributed by atoms with E-state index in [9.17, 15) is 37.1 Å². The van der Waals surface area contributed by atoms with Gasteiger partial charge in [-0.15, -0.1) is 0 Å². The number of anilines is 2. The summed E-state index contributed by atoms with van der Waals surface area (Å²) in [6.45, 7) is 1.30. The zero-order valence-electron chi connectivity index (χ0n) is 25.3. The van der Waals surface area contributed by atoms with E-state index in [1.54, 1.807) is 31.2 Å². The van der Waals surface area contributed by atoms with Crippen LogP contribution in [0.2, 0.25) is 0 Å². The Kier molecular flexibility index (Phi) is 8.92. The van der Waals surface area contributed by atoms with Crippen molar-refractivity contribution in [3.63, 3.8) is 0 Å². The number of thioether (sulfide) groups is 1. The van der Waals surface area contributed by atoms with Crippen LogP contribution in [0.15, 0.2) is 82.6 Å². The quantitative estimate of drug-likeness (QED) is 0.188. The number of halogens is 3. The number of rotatable bonds is 8. The average Bonchev–Trinajstić information content (AvgIpc) is 3.50. The van der Waals surface area contributed by atoms with Crippen molar-refractivity contribution in [3.8, 4) is 5.75 Å². The van der Waals surface area contributed by atoms with Gasteiger partial charge in [0, 0.05) is 22.0 Å². The molecule has 2 aliphatic rings. The number of ether oxygens (including phenoxy) is 2. The topological polar surface area (TPSA) is 124 Å². The first-order chi connectivity index (χ1) is 22.9. The van der Waals surface area contributed by atoms with E-state index in [0.29, 0.717) is 21.2 Å². The number of para-hydroxylation sites is 1. The summed E-state index contributed by atoms with van der Waals surface area (Å²) in [4.78, 5) is 67.8. The first kappa shape index (κ1) is 33.0. The number of carbonyl (C=O) groups excluding carboxylic acids is 4. The predicted molar refractivity (Wildman–Crippen MR) is 172 cm³/mol. The van der Waals surface area contributed by atoms with E-state index in [4.69, 9.17) is 9.47 Å². The molecule has 6 rings (SSSR count). The van der Waals surface area contributed by atoms with Crippen LogP contribution in [0.25, 0.3) is 0 Å². The van der Waals surface area contributed by atoms with Gasteiger partial charge >= 0.3 is 17.0 Å². The minimum atomic E-state index is -4.62. The number of methoxy groups -OCH3 is 1. The number of nitrogens with one attached hydrogen (secondary N) is 1. The number of amides is 3. The molecule has 1 fully saturated rings. The van der Waals surface area contributed by atoms with Crippen LogP contribution >= 0.6 is 23.1 Å². The van der Waals surface area contributed by atoms with Gasteiger partial charge < -0.3 is 14.8 Å². The molecule has 3 heterocycles. The highest BCUT2D eigenvalue weighted by molar-refractivity contribution is 8.00. The first-order valence-corrected chi connectivity index (χ1v) is 16.3. The van der Waals surface area contributed by atoms with Crippen molar-refractivity contribution in [2.45, 2.75) is 35.8 Å². The van der Waals surface area contributed by atoms with Crippen LogP contribution in [0.5, 0.6) is 5.75 Å². The number of imide groups is 1. The summed E-state index contributed by atoms with van der Waals surface area (Å²) in [6, 6.07) is 16.9. The van der Waals surface area contributed by atoms with Gasteiger partial charge in [0.25, 0.3) is 0 Å². The minimum Gasteiger partial charge on any atom is -0.496 e. The Hall–Kier alpha value is -4.89. The molecule has 0 saturated carbocycles. The number of nitrogens with zero attached hydrogens (tertiary/aromatic N) is 2. The second kappa shape index (κ2) is 13.0. The smallest absolute Gasteiger partial charge is 0.416 e. The highest BCUT2D eigenvalue weighted by Gasteiger charge is 2.57. The van der Waals surface area contributed by atoms with Crippen molar-refractivity contribution >= 4 is 58.2 Å². The van der Waals surface area contributed by atoms with Crippen LogP contribution in [0.3, 0.4) is 0 Å². The third kappa shape index (κ3) is 5.99. The van der Waals surface area contributed by atoms with E-state index in [-0.39, 0.29) is 23.5 Å². The van der Waals surface area contributed by atoms with E-state index < -0.39 is 63.9 Å². The van der Waals surface area contributed by atoms with Gasteiger partial charge in [-0.05, 0) is 55.5 Å². The normalized spacial score (nSPS) is 18.7. The standard InChI is InChI=1S/C33H26F3N3O7S2/c1-3-46-31(43)17-11-13-20(14-12-17)39-28(41)25-24(21-9-4-5-10-22(21)45-2)27-30(47-26(25)29(39)42)38(32(44)48-27)16-23(40)37-19-8-6-7-18(15-19)33(34,35)36/h4-15,24-26H,3,16H2,1-2H3,(H,37,40)/t24-,25?,26?/m1/s1. The number of hydrogen-bond donors (Lipinski definition) is 1. The molecule has 248 valence electrons. The van der Waals surface area contributed by atoms with Crippen LogP contribution in [0.4, 0.5) is 24.5 Å². The number of thiazole rings is 1. The van der Waals surface area contributed by atoms with Crippen molar-refractivity contribution < 1.29 is 41.8 Å². The maximum atomic E-state index is 14.2. The van der Waals surface area contributed by atoms with Crippen molar-refractivity contribution in [1.82, 2.24) is 4.57 Å². The van der Waals surface area contributed by atoms with Gasteiger partial charge in [0.05, 0.1) is 41.5 Å². The molecule has 0 radical (unpaired) electrons. The van der Waals surface area contributed by atoms with E-state index in [1.165, 1.54) is 42.0 Å². The molecule has 1 saturated heterocycles. The van der Waals surface area contributed by atoms with Gasteiger partial charge in [0.2, 0.25) is 17.7 Å². The lowest BCUT2D eigenvalue weighted by molar-refractivity contribution is -0.137. The Bertz CT molecular complexity index is 1990. The molecule has 1 N–H and O–H groups in total. The fraction of sp³-hybridized carbons (Fsp3) is 0.242. The molecule has 1 aromatic heterocycles. The zero-order chi connectivity index (χ0) is 34.3. The second-order valence-corrected chi connectivity index (χ2v) is 12.9. The molecule has 3 atom stereocenters. The number of esters is 1. The third-order valence-electron chi connectivity index (χ3n) is 7.94. The summed E-state index contributed by atoms with van der Waals surface area (Å²) < 4.78 is 51.5. The second-order valence-electron chi connectivity index (χ2n) is 10.8. The average molecular weight is 698 g/mol. The Morgan fingerprint density at radius 2 is 1.69 bits per heavy atom. The predicted octanol–water partition coefficient (Wildman–Crippen LogP) is 5.55. The molecule has 3 aromatic carbocycles. The number of fused-ring (bicyclic) bond motifs is 2.